The maximum Gasteiger partial charge on any atom is 0.275 e. The van der Waals surface area contributed by atoms with Gasteiger partial charge in [-0.05, 0) is 32.4 Å². The number of rotatable bonds is 2. The minimum atomic E-state index is -0.448. The van der Waals surface area contributed by atoms with Crippen molar-refractivity contribution in [1.29, 1.82) is 0 Å². The third-order valence-corrected chi connectivity index (χ3v) is 2.84. The van der Waals surface area contributed by atoms with Crippen LogP contribution in [-0.4, -0.2) is 16.0 Å². The minimum Gasteiger partial charge on any atom is -0.294 e. The largest absolute Gasteiger partial charge is 0.294 e. The molecule has 1 heterocycles. The number of nitrogens with zero attached hydrogens (tertiary/aromatic N) is 1. The summed E-state index contributed by atoms with van der Waals surface area (Å²) in [5, 5.41) is 6.36. The van der Waals surface area contributed by atoms with Gasteiger partial charge in [0.2, 0.25) is 0 Å². The molecule has 1 aromatic carbocycles. The van der Waals surface area contributed by atoms with Crippen molar-refractivity contribution < 1.29 is 4.79 Å². The fraction of sp³-hybridized carbons (Fsp3) is 0.214. The van der Waals surface area contributed by atoms with Gasteiger partial charge in [0.15, 0.2) is 5.78 Å². The van der Waals surface area contributed by atoms with E-state index in [9.17, 15) is 9.59 Å². The molecule has 2 aromatic rings. The van der Waals surface area contributed by atoms with Gasteiger partial charge in [-0.2, -0.15) is 5.10 Å². The summed E-state index contributed by atoms with van der Waals surface area (Å²) in [5.74, 6) is -0.260. The van der Waals surface area contributed by atoms with E-state index in [1.807, 2.05) is 32.0 Å². The summed E-state index contributed by atoms with van der Waals surface area (Å²) in [7, 11) is 0. The summed E-state index contributed by atoms with van der Waals surface area (Å²) in [5.41, 5.74) is 3.43. The zero-order valence-electron chi connectivity index (χ0n) is 10.6. The number of carbonyl (C=O) groups is 1. The van der Waals surface area contributed by atoms with E-state index in [1.165, 1.54) is 6.92 Å². The lowest BCUT2D eigenvalue weighted by atomic mass is 10.0. The number of benzene rings is 1. The van der Waals surface area contributed by atoms with Crippen LogP contribution in [0.3, 0.4) is 0 Å². The first kappa shape index (κ1) is 12.2. The monoisotopic (exact) mass is 242 g/mol. The number of hydrogen-bond donors (Lipinski definition) is 1. The number of aryl methyl sites for hydroxylation is 2. The molecular formula is C14H14N2O2. The smallest absolute Gasteiger partial charge is 0.275 e. The maximum atomic E-state index is 11.4. The zero-order chi connectivity index (χ0) is 13.3. The Balaban J connectivity index is 2.61. The van der Waals surface area contributed by atoms with Gasteiger partial charge in [0, 0.05) is 5.56 Å². The van der Waals surface area contributed by atoms with Gasteiger partial charge in [-0.3, -0.25) is 9.59 Å². The molecule has 0 atom stereocenters. The Kier molecular flexibility index (Phi) is 3.10. The fourth-order valence-corrected chi connectivity index (χ4v) is 1.91. The van der Waals surface area contributed by atoms with E-state index >= 15 is 0 Å². The molecular weight excluding hydrogens is 228 g/mol. The van der Waals surface area contributed by atoms with Crippen LogP contribution < -0.4 is 5.56 Å². The van der Waals surface area contributed by atoms with Gasteiger partial charge in [0.1, 0.15) is 0 Å². The van der Waals surface area contributed by atoms with Crippen LogP contribution in [0.5, 0.6) is 0 Å². The second kappa shape index (κ2) is 4.56. The molecule has 0 aliphatic heterocycles. The van der Waals surface area contributed by atoms with Crippen LogP contribution in [0.15, 0.2) is 29.1 Å². The Morgan fingerprint density at radius 1 is 1.22 bits per heavy atom. The third kappa shape index (κ3) is 2.22. The number of nitrogens with one attached hydrogen (secondary N) is 1. The lowest BCUT2D eigenvalue weighted by Gasteiger charge is -2.06. The lowest BCUT2D eigenvalue weighted by Crippen LogP contribution is -2.17. The normalized spacial score (nSPS) is 10.4. The van der Waals surface area contributed by atoms with Crippen LogP contribution in [0.25, 0.3) is 11.3 Å². The molecule has 0 aliphatic carbocycles. The molecule has 0 bridgehead atoms. The number of H-pyrrole nitrogens is 1. The summed E-state index contributed by atoms with van der Waals surface area (Å²) in [6.45, 7) is 5.36. The van der Waals surface area contributed by atoms with Crippen molar-refractivity contribution in [2.24, 2.45) is 0 Å². The van der Waals surface area contributed by atoms with Gasteiger partial charge in [0.25, 0.3) is 5.56 Å². The van der Waals surface area contributed by atoms with Crippen molar-refractivity contribution in [3.63, 3.8) is 0 Å². The molecule has 0 saturated carbocycles. The maximum absolute atomic E-state index is 11.4. The average Bonchev–Trinajstić information content (AvgIpc) is 2.30. The Bertz CT molecular complexity index is 672. The zero-order valence-corrected chi connectivity index (χ0v) is 10.6. The highest BCUT2D eigenvalue weighted by atomic mass is 16.1. The highest BCUT2D eigenvalue weighted by Gasteiger charge is 2.10. The van der Waals surface area contributed by atoms with Crippen molar-refractivity contribution in [1.82, 2.24) is 10.2 Å². The standard InChI is InChI=1S/C14H14N2O2/c1-8-4-5-11(9(2)6-8)13-7-12(10(3)17)14(18)16-15-13/h4-7H,1-3H3,(H,16,18). The van der Waals surface area contributed by atoms with E-state index in [0.29, 0.717) is 5.69 Å². The van der Waals surface area contributed by atoms with Crippen LogP contribution in [0.2, 0.25) is 0 Å². The average molecular weight is 242 g/mol. The molecule has 92 valence electrons. The number of aromatic nitrogens is 2. The second-order valence-corrected chi connectivity index (χ2v) is 4.37. The molecule has 18 heavy (non-hydrogen) atoms. The highest BCUT2D eigenvalue weighted by Crippen LogP contribution is 2.21. The quantitative estimate of drug-likeness (QED) is 0.821. The first-order chi connectivity index (χ1) is 8.49. The van der Waals surface area contributed by atoms with Gasteiger partial charge >= 0.3 is 0 Å². The molecule has 0 spiro atoms. The Morgan fingerprint density at radius 3 is 2.56 bits per heavy atom. The molecule has 0 fully saturated rings. The third-order valence-electron chi connectivity index (χ3n) is 2.84. The van der Waals surface area contributed by atoms with Crippen LogP contribution in [-0.2, 0) is 0 Å². The number of hydrogen-bond acceptors (Lipinski definition) is 3. The molecule has 0 aliphatic rings. The van der Waals surface area contributed by atoms with Crippen molar-refractivity contribution >= 4 is 5.78 Å². The first-order valence-corrected chi connectivity index (χ1v) is 5.67. The highest BCUT2D eigenvalue weighted by molar-refractivity contribution is 5.94. The lowest BCUT2D eigenvalue weighted by molar-refractivity contribution is 0.101. The summed E-state index contributed by atoms with van der Waals surface area (Å²) >= 11 is 0. The van der Waals surface area contributed by atoms with Crippen LogP contribution in [0, 0.1) is 13.8 Å². The van der Waals surface area contributed by atoms with Crippen molar-refractivity contribution in [2.45, 2.75) is 20.8 Å². The number of Topliss-reactive ketones (excluding diaryl/α,β-unsaturated/α-hetero) is 1. The molecule has 1 N–H and O–H groups in total. The fourth-order valence-electron chi connectivity index (χ4n) is 1.91. The summed E-state index contributed by atoms with van der Waals surface area (Å²) < 4.78 is 0. The van der Waals surface area contributed by atoms with Gasteiger partial charge in [-0.25, -0.2) is 5.10 Å². The van der Waals surface area contributed by atoms with E-state index in [0.717, 1.165) is 16.7 Å². The van der Waals surface area contributed by atoms with E-state index in [4.69, 9.17) is 0 Å². The van der Waals surface area contributed by atoms with Gasteiger partial charge < -0.3 is 0 Å². The van der Waals surface area contributed by atoms with Crippen LogP contribution in [0.1, 0.15) is 28.4 Å². The molecule has 1 aromatic heterocycles. The van der Waals surface area contributed by atoms with Gasteiger partial charge in [-0.1, -0.05) is 23.8 Å². The minimum absolute atomic E-state index is 0.139. The Labute approximate surface area is 105 Å². The van der Waals surface area contributed by atoms with Gasteiger partial charge in [0.05, 0.1) is 11.3 Å². The molecule has 4 heteroatoms. The van der Waals surface area contributed by atoms with Crippen LogP contribution in [0.4, 0.5) is 0 Å². The molecule has 2 rings (SSSR count). The van der Waals surface area contributed by atoms with E-state index in [1.54, 1.807) is 6.07 Å². The topological polar surface area (TPSA) is 62.8 Å². The van der Waals surface area contributed by atoms with E-state index in [-0.39, 0.29) is 11.3 Å². The first-order valence-electron chi connectivity index (χ1n) is 5.67. The van der Waals surface area contributed by atoms with Gasteiger partial charge in [-0.15, -0.1) is 0 Å². The molecule has 0 unspecified atom stereocenters. The van der Waals surface area contributed by atoms with Crippen molar-refractivity contribution in [3.8, 4) is 11.3 Å². The number of ketones is 1. The van der Waals surface area contributed by atoms with Crippen molar-refractivity contribution in [3.05, 3.63) is 51.3 Å². The van der Waals surface area contributed by atoms with Crippen molar-refractivity contribution in [2.75, 3.05) is 0 Å². The Morgan fingerprint density at radius 2 is 1.94 bits per heavy atom. The number of carbonyl (C=O) groups excluding carboxylic acids is 1. The predicted molar refractivity (Wildman–Crippen MR) is 69.8 cm³/mol. The summed E-state index contributed by atoms with van der Waals surface area (Å²) in [4.78, 5) is 22.8. The predicted octanol–water partition coefficient (Wildman–Crippen LogP) is 2.26. The Hall–Kier alpha value is -2.23. The molecule has 0 radical (unpaired) electrons. The van der Waals surface area contributed by atoms with Crippen LogP contribution >= 0.6 is 0 Å². The molecule has 0 amide bonds. The molecule has 4 nitrogen and oxygen atoms in total. The number of aromatic amines is 1. The molecule has 0 saturated heterocycles. The second-order valence-electron chi connectivity index (χ2n) is 4.37. The van der Waals surface area contributed by atoms with E-state index < -0.39 is 5.56 Å². The summed E-state index contributed by atoms with van der Waals surface area (Å²) in [6.07, 6.45) is 0. The van der Waals surface area contributed by atoms with E-state index in [2.05, 4.69) is 10.2 Å². The summed E-state index contributed by atoms with van der Waals surface area (Å²) in [6, 6.07) is 7.49. The SMILES string of the molecule is CC(=O)c1cc(-c2ccc(C)cc2C)n[nH]c1=O.